The number of fused-ring (bicyclic) bond motifs is 4. The molecule has 0 N–H and O–H groups in total. The first-order chi connectivity index (χ1) is 8.93. The molecule has 0 spiro atoms. The fraction of sp³-hybridized carbons (Fsp3) is 0.235. The Balaban J connectivity index is 2.00. The van der Waals surface area contributed by atoms with Gasteiger partial charge in [0, 0.05) is 11.8 Å². The van der Waals surface area contributed by atoms with Crippen molar-refractivity contribution in [2.24, 2.45) is 0 Å². The summed E-state index contributed by atoms with van der Waals surface area (Å²) < 4.78 is 0. The molecule has 2 aliphatic carbocycles. The van der Waals surface area contributed by atoms with Gasteiger partial charge in [0.2, 0.25) is 0 Å². The fourth-order valence-corrected chi connectivity index (χ4v) is 3.28. The molecule has 0 amide bonds. The van der Waals surface area contributed by atoms with Gasteiger partial charge in [0.15, 0.2) is 0 Å². The van der Waals surface area contributed by atoms with E-state index in [0.717, 1.165) is 6.42 Å². The summed E-state index contributed by atoms with van der Waals surface area (Å²) in [7, 11) is 0. The van der Waals surface area contributed by atoms with Crippen LogP contribution in [0.15, 0.2) is 48.2 Å². The van der Waals surface area contributed by atoms with E-state index < -0.39 is 0 Å². The Morgan fingerprint density at radius 1 is 0.778 bits per heavy atom. The quantitative estimate of drug-likeness (QED) is 0.675. The lowest BCUT2D eigenvalue weighted by atomic mass is 9.77. The van der Waals surface area contributed by atoms with E-state index in [4.69, 9.17) is 0 Å². The van der Waals surface area contributed by atoms with Crippen molar-refractivity contribution < 1.29 is 0 Å². The molecular formula is C17H15N. The maximum absolute atomic E-state index is 4.64. The van der Waals surface area contributed by atoms with Gasteiger partial charge in [-0.05, 0) is 48.4 Å². The summed E-state index contributed by atoms with van der Waals surface area (Å²) in [5.74, 6) is 0. The normalized spacial score (nSPS) is 16.9. The molecule has 2 aliphatic rings. The summed E-state index contributed by atoms with van der Waals surface area (Å²) in [6.45, 7) is 0. The number of benzene rings is 1. The Hall–Kier alpha value is -1.89. The summed E-state index contributed by atoms with van der Waals surface area (Å²) in [5.41, 5.74) is 8.57. The molecule has 88 valence electrons. The smallest absolute Gasteiger partial charge is 0.0739 e. The molecule has 18 heavy (non-hydrogen) atoms. The zero-order valence-electron chi connectivity index (χ0n) is 10.3. The topological polar surface area (TPSA) is 12.9 Å². The van der Waals surface area contributed by atoms with E-state index in [2.05, 4.69) is 41.4 Å². The monoisotopic (exact) mass is 233 g/mol. The van der Waals surface area contributed by atoms with Crippen LogP contribution in [0.1, 0.15) is 35.2 Å². The van der Waals surface area contributed by atoms with Crippen LogP contribution in [0.3, 0.4) is 0 Å². The van der Waals surface area contributed by atoms with E-state index in [9.17, 15) is 0 Å². The van der Waals surface area contributed by atoms with Crippen molar-refractivity contribution in [1.82, 2.24) is 4.98 Å². The highest BCUT2D eigenvalue weighted by molar-refractivity contribution is 5.85. The van der Waals surface area contributed by atoms with E-state index in [1.54, 1.807) is 5.57 Å². The Bertz CT molecular complexity index is 597. The van der Waals surface area contributed by atoms with E-state index in [-0.39, 0.29) is 0 Å². The van der Waals surface area contributed by atoms with Gasteiger partial charge in [-0.15, -0.1) is 0 Å². The molecule has 0 bridgehead atoms. The third-order valence-corrected chi connectivity index (χ3v) is 4.16. The maximum Gasteiger partial charge on any atom is 0.0739 e. The molecule has 1 aromatic heterocycles. The minimum absolute atomic E-state index is 1.16. The number of aromatic nitrogens is 1. The second kappa shape index (κ2) is 3.81. The van der Waals surface area contributed by atoms with Crippen molar-refractivity contribution in [2.75, 3.05) is 0 Å². The van der Waals surface area contributed by atoms with Gasteiger partial charge in [0.05, 0.1) is 5.69 Å². The Kier molecular flexibility index (Phi) is 2.13. The Morgan fingerprint density at radius 3 is 2.50 bits per heavy atom. The number of aryl methyl sites for hydroxylation is 2. The van der Waals surface area contributed by atoms with Gasteiger partial charge in [-0.2, -0.15) is 0 Å². The molecule has 0 atom stereocenters. The fourth-order valence-electron chi connectivity index (χ4n) is 3.28. The lowest BCUT2D eigenvalue weighted by Gasteiger charge is -2.28. The average Bonchev–Trinajstić information content (AvgIpc) is 2.46. The number of hydrogen-bond acceptors (Lipinski definition) is 1. The molecule has 0 saturated heterocycles. The second-order valence-corrected chi connectivity index (χ2v) is 5.15. The van der Waals surface area contributed by atoms with Gasteiger partial charge < -0.3 is 0 Å². The molecule has 1 aromatic carbocycles. The maximum atomic E-state index is 4.64. The summed E-state index contributed by atoms with van der Waals surface area (Å²) in [4.78, 5) is 4.64. The van der Waals surface area contributed by atoms with E-state index in [0.29, 0.717) is 0 Å². The first kappa shape index (κ1) is 10.1. The Morgan fingerprint density at radius 2 is 1.56 bits per heavy atom. The number of nitrogens with zero attached hydrogens (tertiary/aromatic N) is 1. The highest BCUT2D eigenvalue weighted by Crippen LogP contribution is 2.41. The summed E-state index contributed by atoms with van der Waals surface area (Å²) in [6.07, 6.45) is 6.69. The van der Waals surface area contributed by atoms with Gasteiger partial charge >= 0.3 is 0 Å². The van der Waals surface area contributed by atoms with Crippen LogP contribution in [0.2, 0.25) is 0 Å². The van der Waals surface area contributed by atoms with Crippen LogP contribution in [0, 0.1) is 0 Å². The van der Waals surface area contributed by atoms with Gasteiger partial charge in [0.1, 0.15) is 0 Å². The summed E-state index contributed by atoms with van der Waals surface area (Å²) in [6, 6.07) is 13.1. The van der Waals surface area contributed by atoms with Crippen LogP contribution in [-0.2, 0) is 12.8 Å². The predicted octanol–water partition coefficient (Wildman–Crippen LogP) is 3.78. The molecule has 0 fully saturated rings. The average molecular weight is 233 g/mol. The molecule has 2 aromatic rings. The molecule has 1 heteroatoms. The summed E-state index contributed by atoms with van der Waals surface area (Å²) in [5, 5.41) is 0. The Labute approximate surface area is 107 Å². The van der Waals surface area contributed by atoms with E-state index in [1.165, 1.54) is 47.2 Å². The van der Waals surface area contributed by atoms with Crippen molar-refractivity contribution in [3.63, 3.8) is 0 Å². The largest absolute Gasteiger partial charge is 0.256 e. The number of hydrogen-bond donors (Lipinski definition) is 0. The molecule has 4 rings (SSSR count). The zero-order valence-corrected chi connectivity index (χ0v) is 10.3. The lowest BCUT2D eigenvalue weighted by molar-refractivity contribution is 0.799. The molecule has 0 aliphatic heterocycles. The molecule has 1 heterocycles. The van der Waals surface area contributed by atoms with Crippen molar-refractivity contribution in [1.29, 1.82) is 0 Å². The van der Waals surface area contributed by atoms with Crippen molar-refractivity contribution in [3.05, 3.63) is 70.6 Å². The molecule has 0 unspecified atom stereocenters. The van der Waals surface area contributed by atoms with Crippen molar-refractivity contribution >= 4 is 5.57 Å². The van der Waals surface area contributed by atoms with E-state index >= 15 is 0 Å². The zero-order chi connectivity index (χ0) is 11.9. The van der Waals surface area contributed by atoms with Gasteiger partial charge in [-0.1, -0.05) is 35.9 Å². The summed E-state index contributed by atoms with van der Waals surface area (Å²) >= 11 is 0. The first-order valence-corrected chi connectivity index (χ1v) is 6.68. The second-order valence-electron chi connectivity index (χ2n) is 5.15. The van der Waals surface area contributed by atoms with Crippen LogP contribution >= 0.6 is 0 Å². The van der Waals surface area contributed by atoms with Gasteiger partial charge in [-0.25, -0.2) is 0 Å². The van der Waals surface area contributed by atoms with Crippen molar-refractivity contribution in [3.8, 4) is 0 Å². The first-order valence-electron chi connectivity index (χ1n) is 6.68. The predicted molar refractivity (Wildman–Crippen MR) is 73.3 cm³/mol. The van der Waals surface area contributed by atoms with Gasteiger partial charge in [-0.3, -0.25) is 4.98 Å². The van der Waals surface area contributed by atoms with Crippen molar-refractivity contribution in [2.45, 2.75) is 25.7 Å². The van der Waals surface area contributed by atoms with Crippen LogP contribution in [0.4, 0.5) is 0 Å². The molecule has 1 nitrogen and oxygen atoms in total. The third-order valence-electron chi connectivity index (χ3n) is 4.16. The minimum atomic E-state index is 1.16. The molecule has 0 saturated carbocycles. The lowest BCUT2D eigenvalue weighted by Crippen LogP contribution is -2.13. The molecular weight excluding hydrogens is 218 g/mol. The third kappa shape index (κ3) is 1.37. The number of pyridine rings is 1. The minimum Gasteiger partial charge on any atom is -0.256 e. The highest BCUT2D eigenvalue weighted by Gasteiger charge is 2.25. The standard InChI is InChI=1S/C17H15N/c1-2-6-15-12(4-1)7-8-13-9-10-14-5-3-11-18-17(14)16(13)15/h1-6,11H,7-10H2. The SMILES string of the molecule is c1ccc2c(c1)CCC1=C2c2ncccc2CC1. The number of rotatable bonds is 0. The van der Waals surface area contributed by atoms with Crippen LogP contribution in [-0.4, -0.2) is 4.98 Å². The molecule has 0 radical (unpaired) electrons. The highest BCUT2D eigenvalue weighted by atomic mass is 14.7. The van der Waals surface area contributed by atoms with Crippen LogP contribution in [0.25, 0.3) is 5.57 Å². The number of allylic oxidation sites excluding steroid dienone is 1. The van der Waals surface area contributed by atoms with Crippen LogP contribution < -0.4 is 0 Å². The van der Waals surface area contributed by atoms with E-state index in [1.807, 2.05) is 6.20 Å². The van der Waals surface area contributed by atoms with Crippen LogP contribution in [0.5, 0.6) is 0 Å². The van der Waals surface area contributed by atoms with Gasteiger partial charge in [0.25, 0.3) is 0 Å².